The molecule has 1 N–H and O–H groups in total. The predicted octanol–water partition coefficient (Wildman–Crippen LogP) is 0.867. The summed E-state index contributed by atoms with van der Waals surface area (Å²) in [6.45, 7) is 0. The molecule has 0 saturated carbocycles. The Morgan fingerprint density at radius 3 is 2.82 bits per heavy atom. The van der Waals surface area contributed by atoms with Crippen molar-refractivity contribution in [3.8, 4) is 11.3 Å². The van der Waals surface area contributed by atoms with E-state index in [1.807, 2.05) is 0 Å². The van der Waals surface area contributed by atoms with Gasteiger partial charge < -0.3 is 0 Å². The Hall–Kier alpha value is -1.71. The average molecular weight is 146 g/mol. The van der Waals surface area contributed by atoms with Crippen LogP contribution >= 0.6 is 0 Å². The van der Waals surface area contributed by atoms with Gasteiger partial charge in [0, 0.05) is 24.2 Å². The summed E-state index contributed by atoms with van der Waals surface area (Å²) in [4.78, 5) is 8.04. The third-order valence-electron chi connectivity index (χ3n) is 1.36. The number of H-pyrrole nitrogens is 1. The van der Waals surface area contributed by atoms with Gasteiger partial charge in [-0.15, -0.1) is 0 Å². The molecule has 11 heavy (non-hydrogen) atoms. The highest BCUT2D eigenvalue weighted by molar-refractivity contribution is 5.54. The van der Waals surface area contributed by atoms with Gasteiger partial charge in [-0.25, -0.2) is 0 Å². The highest BCUT2D eigenvalue weighted by Crippen LogP contribution is 2.10. The van der Waals surface area contributed by atoms with Crippen molar-refractivity contribution in [2.75, 3.05) is 0 Å². The highest BCUT2D eigenvalue weighted by atomic mass is 15.1. The van der Waals surface area contributed by atoms with E-state index < -0.39 is 0 Å². The van der Waals surface area contributed by atoms with Gasteiger partial charge in [-0.05, 0) is 0 Å². The molecule has 0 spiro atoms. The van der Waals surface area contributed by atoms with Crippen molar-refractivity contribution in [2.24, 2.45) is 0 Å². The molecule has 0 saturated heterocycles. The molecule has 2 heterocycles. The van der Waals surface area contributed by atoms with E-state index in [4.69, 9.17) is 0 Å². The van der Waals surface area contributed by atoms with Crippen LogP contribution in [0.4, 0.5) is 0 Å². The molecule has 2 aromatic rings. The van der Waals surface area contributed by atoms with Gasteiger partial charge in [0.2, 0.25) is 0 Å². The van der Waals surface area contributed by atoms with Crippen molar-refractivity contribution in [1.82, 2.24) is 20.2 Å². The molecule has 54 valence electrons. The zero-order valence-electron chi connectivity index (χ0n) is 5.73. The number of aromatic amines is 1. The standard InChI is InChI=1S/C7H6N4/c1-2-9-7(5-8-1)6-3-10-11-4-6/h1-5H,(H,10,11). The number of rotatable bonds is 1. The third kappa shape index (κ3) is 1.10. The van der Waals surface area contributed by atoms with Crippen molar-refractivity contribution in [3.05, 3.63) is 31.0 Å². The maximum atomic E-state index is 4.10. The Balaban J connectivity index is 2.46. The molecule has 0 aliphatic heterocycles. The summed E-state index contributed by atoms with van der Waals surface area (Å²) in [5.74, 6) is 0. The van der Waals surface area contributed by atoms with E-state index in [1.165, 1.54) is 0 Å². The molecular formula is C7H6N4. The third-order valence-corrected chi connectivity index (χ3v) is 1.36. The highest BCUT2D eigenvalue weighted by Gasteiger charge is 1.96. The maximum Gasteiger partial charge on any atom is 0.0916 e. The number of aromatic nitrogens is 4. The minimum absolute atomic E-state index is 0.834. The van der Waals surface area contributed by atoms with Gasteiger partial charge >= 0.3 is 0 Å². The molecule has 2 rings (SSSR count). The van der Waals surface area contributed by atoms with E-state index in [1.54, 1.807) is 31.0 Å². The molecule has 0 radical (unpaired) electrons. The lowest BCUT2D eigenvalue weighted by molar-refractivity contribution is 1.09. The van der Waals surface area contributed by atoms with Crippen LogP contribution in [0.2, 0.25) is 0 Å². The summed E-state index contributed by atoms with van der Waals surface area (Å²) < 4.78 is 0. The topological polar surface area (TPSA) is 54.5 Å². The van der Waals surface area contributed by atoms with Gasteiger partial charge in [0.15, 0.2) is 0 Å². The minimum Gasteiger partial charge on any atom is -0.285 e. The van der Waals surface area contributed by atoms with E-state index in [0.717, 1.165) is 11.3 Å². The van der Waals surface area contributed by atoms with Crippen LogP contribution in [-0.2, 0) is 0 Å². The lowest BCUT2D eigenvalue weighted by Gasteiger charge is -1.90. The van der Waals surface area contributed by atoms with E-state index in [-0.39, 0.29) is 0 Å². The first kappa shape index (κ1) is 6.03. The number of nitrogens with zero attached hydrogens (tertiary/aromatic N) is 3. The van der Waals surface area contributed by atoms with Crippen LogP contribution < -0.4 is 0 Å². The van der Waals surface area contributed by atoms with Crippen molar-refractivity contribution in [1.29, 1.82) is 0 Å². The molecule has 0 bridgehead atoms. The van der Waals surface area contributed by atoms with Crippen LogP contribution in [0, 0.1) is 0 Å². The van der Waals surface area contributed by atoms with Crippen molar-refractivity contribution in [2.45, 2.75) is 0 Å². The molecule has 0 aliphatic rings. The Labute approximate surface area is 63.3 Å². The van der Waals surface area contributed by atoms with E-state index in [2.05, 4.69) is 20.2 Å². The Bertz CT molecular complexity index is 313. The summed E-state index contributed by atoms with van der Waals surface area (Å²) in [5, 5.41) is 6.52. The maximum absolute atomic E-state index is 4.10. The average Bonchev–Trinajstić information content (AvgIpc) is 2.58. The van der Waals surface area contributed by atoms with Crippen molar-refractivity contribution >= 4 is 0 Å². The summed E-state index contributed by atoms with van der Waals surface area (Å²) in [6, 6.07) is 0. The van der Waals surface area contributed by atoms with Crippen LogP contribution in [0.15, 0.2) is 31.0 Å². The fourth-order valence-electron chi connectivity index (χ4n) is 0.839. The minimum atomic E-state index is 0.834. The van der Waals surface area contributed by atoms with E-state index in [0.29, 0.717) is 0 Å². The van der Waals surface area contributed by atoms with Crippen LogP contribution in [-0.4, -0.2) is 20.2 Å². The lowest BCUT2D eigenvalue weighted by Crippen LogP contribution is -1.80. The second-order valence-corrected chi connectivity index (χ2v) is 2.08. The molecular weight excluding hydrogens is 140 g/mol. The molecule has 0 aromatic carbocycles. The monoisotopic (exact) mass is 146 g/mol. The second-order valence-electron chi connectivity index (χ2n) is 2.08. The fraction of sp³-hybridized carbons (Fsp3) is 0. The number of hydrogen-bond donors (Lipinski definition) is 1. The Morgan fingerprint density at radius 1 is 1.18 bits per heavy atom. The van der Waals surface area contributed by atoms with Gasteiger partial charge in [0.25, 0.3) is 0 Å². The van der Waals surface area contributed by atoms with E-state index in [9.17, 15) is 0 Å². The van der Waals surface area contributed by atoms with Gasteiger partial charge in [-0.1, -0.05) is 0 Å². The normalized spacial score (nSPS) is 9.82. The lowest BCUT2D eigenvalue weighted by atomic mass is 10.3. The first-order valence-corrected chi connectivity index (χ1v) is 3.22. The SMILES string of the molecule is c1cnc(-c2cn[nH]c2)cn1. The zero-order chi connectivity index (χ0) is 7.52. The molecule has 2 aromatic heterocycles. The molecule has 0 unspecified atom stereocenters. The molecule has 0 aliphatic carbocycles. The number of nitrogens with one attached hydrogen (secondary N) is 1. The predicted molar refractivity (Wildman–Crippen MR) is 39.6 cm³/mol. The zero-order valence-corrected chi connectivity index (χ0v) is 5.73. The van der Waals surface area contributed by atoms with Crippen LogP contribution in [0.5, 0.6) is 0 Å². The van der Waals surface area contributed by atoms with Gasteiger partial charge in [-0.2, -0.15) is 5.10 Å². The summed E-state index contributed by atoms with van der Waals surface area (Å²) in [5.41, 5.74) is 1.79. The van der Waals surface area contributed by atoms with Crippen LogP contribution in [0.1, 0.15) is 0 Å². The first-order chi connectivity index (χ1) is 5.47. The number of hydrogen-bond acceptors (Lipinski definition) is 3. The van der Waals surface area contributed by atoms with Crippen LogP contribution in [0.3, 0.4) is 0 Å². The van der Waals surface area contributed by atoms with Crippen molar-refractivity contribution < 1.29 is 0 Å². The quantitative estimate of drug-likeness (QED) is 0.649. The largest absolute Gasteiger partial charge is 0.285 e. The molecule has 0 amide bonds. The van der Waals surface area contributed by atoms with Gasteiger partial charge in [0.1, 0.15) is 0 Å². The summed E-state index contributed by atoms with van der Waals surface area (Å²) in [7, 11) is 0. The molecule has 4 heteroatoms. The van der Waals surface area contributed by atoms with Gasteiger partial charge in [-0.3, -0.25) is 15.1 Å². The Morgan fingerprint density at radius 2 is 2.18 bits per heavy atom. The molecule has 4 nitrogen and oxygen atoms in total. The van der Waals surface area contributed by atoms with Crippen LogP contribution in [0.25, 0.3) is 11.3 Å². The summed E-state index contributed by atoms with van der Waals surface area (Å²) in [6.07, 6.45) is 8.49. The summed E-state index contributed by atoms with van der Waals surface area (Å²) >= 11 is 0. The molecule has 0 fully saturated rings. The smallest absolute Gasteiger partial charge is 0.0916 e. The Kier molecular flexibility index (Phi) is 1.37. The first-order valence-electron chi connectivity index (χ1n) is 3.22. The molecule has 0 atom stereocenters. The van der Waals surface area contributed by atoms with Crippen molar-refractivity contribution in [3.63, 3.8) is 0 Å². The van der Waals surface area contributed by atoms with E-state index >= 15 is 0 Å². The second kappa shape index (κ2) is 2.49. The van der Waals surface area contributed by atoms with Gasteiger partial charge in [0.05, 0.1) is 18.1 Å². The fourth-order valence-corrected chi connectivity index (χ4v) is 0.839.